The molecule has 1 aliphatic carbocycles. The molecule has 1 saturated heterocycles. The Balaban J connectivity index is 1.19. The molecule has 0 N–H and O–H groups in total. The molecular weight excluding hydrogens is 412 g/mol. The van der Waals surface area contributed by atoms with Gasteiger partial charge in [0.2, 0.25) is 0 Å². The Morgan fingerprint density at radius 2 is 1.26 bits per heavy atom. The molecule has 0 radical (unpaired) electrons. The van der Waals surface area contributed by atoms with Gasteiger partial charge in [0.15, 0.2) is 0 Å². The average Bonchev–Trinajstić information content (AvgIpc) is 2.91. The molecule has 1 unspecified atom stereocenters. The fourth-order valence-corrected chi connectivity index (χ4v) is 6.34. The predicted octanol–water partition coefficient (Wildman–Crippen LogP) is 9.74. The van der Waals surface area contributed by atoms with E-state index in [-0.39, 0.29) is 0 Å². The maximum Gasteiger partial charge on any atom is 0.0496 e. The fourth-order valence-electron chi connectivity index (χ4n) is 6.34. The molecule has 186 valence electrons. The molecule has 1 heteroatoms. The summed E-state index contributed by atoms with van der Waals surface area (Å²) in [4.78, 5) is 0. The van der Waals surface area contributed by atoms with Gasteiger partial charge in [-0.05, 0) is 91.4 Å². The van der Waals surface area contributed by atoms with Gasteiger partial charge in [-0.1, -0.05) is 100 Å². The predicted molar refractivity (Wildman–Crippen MR) is 146 cm³/mol. The van der Waals surface area contributed by atoms with Crippen LogP contribution in [-0.4, -0.2) is 13.2 Å². The third-order valence-corrected chi connectivity index (χ3v) is 8.62. The van der Waals surface area contributed by atoms with Crippen LogP contribution in [0.15, 0.2) is 48.5 Å². The molecule has 0 bridgehead atoms. The Kier molecular flexibility index (Phi) is 10.6. The second kappa shape index (κ2) is 14.1. The summed E-state index contributed by atoms with van der Waals surface area (Å²) in [6.45, 7) is 4.29. The first kappa shape index (κ1) is 25.5. The van der Waals surface area contributed by atoms with E-state index in [0.717, 1.165) is 31.0 Å². The minimum absolute atomic E-state index is 0.754. The van der Waals surface area contributed by atoms with Gasteiger partial charge >= 0.3 is 0 Å². The average molecular weight is 461 g/mol. The Labute approximate surface area is 209 Å². The number of aryl methyl sites for hydroxylation is 1. The number of hydrogen-bond donors (Lipinski definition) is 0. The fraction of sp³-hybridized carbons (Fsp3) is 0.636. The molecule has 2 fully saturated rings. The van der Waals surface area contributed by atoms with Gasteiger partial charge in [0.05, 0.1) is 0 Å². The van der Waals surface area contributed by atoms with Gasteiger partial charge < -0.3 is 4.74 Å². The Morgan fingerprint density at radius 1 is 0.647 bits per heavy atom. The largest absolute Gasteiger partial charge is 0.381 e. The molecule has 1 saturated carbocycles. The van der Waals surface area contributed by atoms with Crippen molar-refractivity contribution in [3.05, 3.63) is 59.7 Å². The van der Waals surface area contributed by atoms with Gasteiger partial charge in [0, 0.05) is 13.2 Å². The molecule has 2 aromatic rings. The number of rotatable bonds is 12. The summed E-state index contributed by atoms with van der Waals surface area (Å²) < 4.78 is 5.75. The molecule has 2 aromatic carbocycles. The van der Waals surface area contributed by atoms with Crippen molar-refractivity contribution < 1.29 is 4.74 Å². The van der Waals surface area contributed by atoms with Crippen LogP contribution in [0.25, 0.3) is 11.1 Å². The smallest absolute Gasteiger partial charge is 0.0496 e. The van der Waals surface area contributed by atoms with E-state index in [4.69, 9.17) is 4.74 Å². The maximum absolute atomic E-state index is 5.75. The second-order valence-corrected chi connectivity index (χ2v) is 11.1. The van der Waals surface area contributed by atoms with Crippen LogP contribution in [0.5, 0.6) is 0 Å². The van der Waals surface area contributed by atoms with Crippen molar-refractivity contribution in [2.75, 3.05) is 13.2 Å². The molecule has 2 aliphatic rings. The molecule has 1 aliphatic heterocycles. The van der Waals surface area contributed by atoms with E-state index in [9.17, 15) is 0 Å². The highest BCUT2D eigenvalue weighted by molar-refractivity contribution is 5.64. The maximum atomic E-state index is 5.75. The summed E-state index contributed by atoms with van der Waals surface area (Å²) in [7, 11) is 0. The van der Waals surface area contributed by atoms with Crippen LogP contribution >= 0.6 is 0 Å². The van der Waals surface area contributed by atoms with E-state index < -0.39 is 0 Å². The standard InChI is InChI=1S/C33H48O/c1-2-3-4-5-6-7-8-9-11-27-13-15-28(16-14-27)29-17-19-30(20-18-29)31-21-23-32(24-22-31)33-12-10-25-34-26-33/h13-20,31-33H,2-12,21-26H2,1H3. The number of benzene rings is 2. The van der Waals surface area contributed by atoms with Crippen molar-refractivity contribution in [3.63, 3.8) is 0 Å². The van der Waals surface area contributed by atoms with Crippen LogP contribution in [0.3, 0.4) is 0 Å². The van der Waals surface area contributed by atoms with Crippen LogP contribution in [-0.2, 0) is 11.2 Å². The molecular formula is C33H48O. The van der Waals surface area contributed by atoms with Gasteiger partial charge in [-0.15, -0.1) is 0 Å². The Hall–Kier alpha value is -1.60. The first-order valence-electron chi connectivity index (χ1n) is 14.6. The first-order valence-corrected chi connectivity index (χ1v) is 14.6. The zero-order valence-electron chi connectivity index (χ0n) is 21.8. The van der Waals surface area contributed by atoms with E-state index in [1.807, 2.05) is 0 Å². The zero-order chi connectivity index (χ0) is 23.4. The molecule has 1 nitrogen and oxygen atoms in total. The van der Waals surface area contributed by atoms with Crippen LogP contribution in [0, 0.1) is 11.8 Å². The summed E-state index contributed by atoms with van der Waals surface area (Å²) in [5, 5.41) is 0. The monoisotopic (exact) mass is 460 g/mol. The number of unbranched alkanes of at least 4 members (excludes halogenated alkanes) is 7. The second-order valence-electron chi connectivity index (χ2n) is 11.1. The topological polar surface area (TPSA) is 9.23 Å². The molecule has 4 rings (SSSR count). The van der Waals surface area contributed by atoms with E-state index >= 15 is 0 Å². The molecule has 0 spiro atoms. The molecule has 1 atom stereocenters. The van der Waals surface area contributed by atoms with Gasteiger partial charge in [0.1, 0.15) is 0 Å². The van der Waals surface area contributed by atoms with Gasteiger partial charge in [-0.3, -0.25) is 0 Å². The van der Waals surface area contributed by atoms with Gasteiger partial charge in [-0.25, -0.2) is 0 Å². The highest BCUT2D eigenvalue weighted by Gasteiger charge is 2.29. The van der Waals surface area contributed by atoms with E-state index in [1.54, 1.807) is 5.56 Å². The lowest BCUT2D eigenvalue weighted by atomic mass is 9.72. The van der Waals surface area contributed by atoms with Crippen LogP contribution in [0.2, 0.25) is 0 Å². The van der Waals surface area contributed by atoms with E-state index in [0.29, 0.717) is 0 Å². The summed E-state index contributed by atoms with van der Waals surface area (Å²) in [6, 6.07) is 18.9. The highest BCUT2D eigenvalue weighted by Crippen LogP contribution is 2.41. The number of ether oxygens (including phenoxy) is 1. The first-order chi connectivity index (χ1) is 16.8. The third kappa shape index (κ3) is 7.70. The zero-order valence-corrected chi connectivity index (χ0v) is 21.8. The van der Waals surface area contributed by atoms with Crippen molar-refractivity contribution in [1.29, 1.82) is 0 Å². The summed E-state index contributed by atoms with van der Waals surface area (Å²) in [6.07, 6.45) is 20.5. The van der Waals surface area contributed by atoms with E-state index in [2.05, 4.69) is 55.5 Å². The minimum Gasteiger partial charge on any atom is -0.381 e. The van der Waals surface area contributed by atoms with Crippen molar-refractivity contribution >= 4 is 0 Å². The minimum atomic E-state index is 0.754. The van der Waals surface area contributed by atoms with Gasteiger partial charge in [0.25, 0.3) is 0 Å². The van der Waals surface area contributed by atoms with Crippen molar-refractivity contribution in [2.24, 2.45) is 11.8 Å². The summed E-state index contributed by atoms with van der Waals surface area (Å²) >= 11 is 0. The van der Waals surface area contributed by atoms with Crippen LogP contribution < -0.4 is 0 Å². The summed E-state index contributed by atoms with van der Waals surface area (Å²) in [5.74, 6) is 2.49. The molecule has 1 heterocycles. The quantitative estimate of drug-likeness (QED) is 0.286. The van der Waals surface area contributed by atoms with Crippen LogP contribution in [0.1, 0.15) is 114 Å². The lowest BCUT2D eigenvalue weighted by molar-refractivity contribution is 0.0210. The van der Waals surface area contributed by atoms with Crippen LogP contribution in [0.4, 0.5) is 0 Å². The van der Waals surface area contributed by atoms with Crippen molar-refractivity contribution in [2.45, 2.75) is 109 Å². The summed E-state index contributed by atoms with van der Waals surface area (Å²) in [5.41, 5.74) is 5.75. The SMILES string of the molecule is CCCCCCCCCCc1ccc(-c2ccc(C3CCC(C4CCCOC4)CC3)cc2)cc1. The third-order valence-electron chi connectivity index (χ3n) is 8.62. The molecule has 0 aromatic heterocycles. The van der Waals surface area contributed by atoms with Crippen molar-refractivity contribution in [3.8, 4) is 11.1 Å². The van der Waals surface area contributed by atoms with Crippen molar-refractivity contribution in [1.82, 2.24) is 0 Å². The molecule has 34 heavy (non-hydrogen) atoms. The lowest BCUT2D eigenvalue weighted by Crippen LogP contribution is -2.28. The number of hydrogen-bond acceptors (Lipinski definition) is 1. The normalized spacial score (nSPS) is 23.1. The Morgan fingerprint density at radius 3 is 1.88 bits per heavy atom. The lowest BCUT2D eigenvalue weighted by Gasteiger charge is -2.35. The Bertz CT molecular complexity index is 791. The van der Waals surface area contributed by atoms with Gasteiger partial charge in [-0.2, -0.15) is 0 Å². The molecule has 0 amide bonds. The highest BCUT2D eigenvalue weighted by atomic mass is 16.5. The van der Waals surface area contributed by atoms with E-state index in [1.165, 1.54) is 113 Å².